The van der Waals surface area contributed by atoms with Gasteiger partial charge in [0.1, 0.15) is 6.54 Å². The smallest absolute Gasteiger partial charge is 0.104 e. The first-order chi connectivity index (χ1) is 7.35. The molecule has 0 heterocycles. The summed E-state index contributed by atoms with van der Waals surface area (Å²) in [5.41, 5.74) is 1.40. The van der Waals surface area contributed by atoms with Crippen molar-refractivity contribution in [1.29, 1.82) is 0 Å². The van der Waals surface area contributed by atoms with E-state index < -0.39 is 5.97 Å². The molecular formula is C13H19NO2. The van der Waals surface area contributed by atoms with Gasteiger partial charge in [-0.15, -0.1) is 0 Å². The quantitative estimate of drug-likeness (QED) is 0.560. The number of carbonyl (C=O) groups is 1. The van der Waals surface area contributed by atoms with Crippen molar-refractivity contribution in [2.24, 2.45) is 0 Å². The summed E-state index contributed by atoms with van der Waals surface area (Å²) in [7, 11) is 6.60. The SMILES string of the molecule is C=CC(=O)[O-].C[N+](C)(C)Cc1ccccc1. The van der Waals surface area contributed by atoms with E-state index in [1.807, 2.05) is 0 Å². The fourth-order valence-electron chi connectivity index (χ4n) is 1.13. The number of carboxylic acids is 1. The van der Waals surface area contributed by atoms with Gasteiger partial charge in [0.25, 0.3) is 0 Å². The van der Waals surface area contributed by atoms with E-state index in [9.17, 15) is 0 Å². The minimum atomic E-state index is -1.23. The molecule has 0 aliphatic heterocycles. The van der Waals surface area contributed by atoms with E-state index in [4.69, 9.17) is 9.90 Å². The maximum Gasteiger partial charge on any atom is 0.104 e. The Labute approximate surface area is 97.2 Å². The van der Waals surface area contributed by atoms with Crippen LogP contribution in [-0.4, -0.2) is 31.6 Å². The van der Waals surface area contributed by atoms with Crippen LogP contribution >= 0.6 is 0 Å². The minimum absolute atomic E-state index is 0.722. The predicted octanol–water partition coefficient (Wildman–Crippen LogP) is 0.815. The van der Waals surface area contributed by atoms with Crippen LogP contribution in [0.15, 0.2) is 43.0 Å². The predicted molar refractivity (Wildman–Crippen MR) is 63.4 cm³/mol. The van der Waals surface area contributed by atoms with Crippen molar-refractivity contribution >= 4 is 5.97 Å². The molecular weight excluding hydrogens is 202 g/mol. The van der Waals surface area contributed by atoms with Gasteiger partial charge in [0.05, 0.1) is 27.1 Å². The third-order valence-corrected chi connectivity index (χ3v) is 1.67. The van der Waals surface area contributed by atoms with Crippen molar-refractivity contribution < 1.29 is 14.4 Å². The first-order valence-electron chi connectivity index (χ1n) is 5.03. The lowest BCUT2D eigenvalue weighted by Gasteiger charge is -2.23. The molecule has 0 amide bonds. The second kappa shape index (κ2) is 6.80. The number of rotatable bonds is 3. The van der Waals surface area contributed by atoms with E-state index >= 15 is 0 Å². The number of nitrogens with zero attached hydrogens (tertiary/aromatic N) is 1. The molecule has 0 bridgehead atoms. The molecule has 0 aliphatic rings. The topological polar surface area (TPSA) is 40.1 Å². The van der Waals surface area contributed by atoms with Gasteiger partial charge in [-0.3, -0.25) is 0 Å². The Bertz CT molecular complexity index is 326. The lowest BCUT2D eigenvalue weighted by molar-refractivity contribution is -0.884. The van der Waals surface area contributed by atoms with E-state index in [1.165, 1.54) is 5.56 Å². The summed E-state index contributed by atoms with van der Waals surface area (Å²) >= 11 is 0. The Morgan fingerprint density at radius 1 is 1.31 bits per heavy atom. The van der Waals surface area contributed by atoms with Gasteiger partial charge in [-0.25, -0.2) is 0 Å². The van der Waals surface area contributed by atoms with Gasteiger partial charge < -0.3 is 14.4 Å². The molecule has 0 N–H and O–H groups in total. The molecule has 0 aromatic heterocycles. The van der Waals surface area contributed by atoms with Crippen LogP contribution in [0.25, 0.3) is 0 Å². The van der Waals surface area contributed by atoms with E-state index in [1.54, 1.807) is 0 Å². The second-order valence-electron chi connectivity index (χ2n) is 4.46. The molecule has 0 saturated heterocycles. The Morgan fingerprint density at radius 2 is 1.75 bits per heavy atom. The number of quaternary nitrogens is 1. The van der Waals surface area contributed by atoms with Gasteiger partial charge >= 0.3 is 0 Å². The van der Waals surface area contributed by atoms with Gasteiger partial charge in [-0.2, -0.15) is 0 Å². The van der Waals surface area contributed by atoms with E-state index in [0.717, 1.165) is 17.1 Å². The van der Waals surface area contributed by atoms with E-state index in [2.05, 4.69) is 58.1 Å². The van der Waals surface area contributed by atoms with Crippen molar-refractivity contribution in [3.8, 4) is 0 Å². The molecule has 1 aromatic carbocycles. The van der Waals surface area contributed by atoms with Crippen LogP contribution in [0, 0.1) is 0 Å². The monoisotopic (exact) mass is 221 g/mol. The molecule has 0 aliphatic carbocycles. The maximum atomic E-state index is 9.14. The first-order valence-corrected chi connectivity index (χ1v) is 5.03. The third kappa shape index (κ3) is 8.97. The molecule has 3 nitrogen and oxygen atoms in total. The van der Waals surface area contributed by atoms with Crippen LogP contribution in [0.1, 0.15) is 5.56 Å². The van der Waals surface area contributed by atoms with Gasteiger partial charge in [0.2, 0.25) is 0 Å². The zero-order chi connectivity index (χ0) is 12.6. The lowest BCUT2D eigenvalue weighted by Crippen LogP contribution is -2.33. The van der Waals surface area contributed by atoms with Gasteiger partial charge in [0, 0.05) is 5.56 Å². The third-order valence-electron chi connectivity index (χ3n) is 1.67. The molecule has 0 unspecified atom stereocenters. The summed E-state index contributed by atoms with van der Waals surface area (Å²) in [4.78, 5) is 9.14. The summed E-state index contributed by atoms with van der Waals surface area (Å²) in [5, 5.41) is 9.14. The normalized spacial score (nSPS) is 9.94. The summed E-state index contributed by atoms with van der Waals surface area (Å²) in [5.74, 6) is -1.23. The minimum Gasteiger partial charge on any atom is -0.545 e. The molecule has 0 fully saturated rings. The second-order valence-corrected chi connectivity index (χ2v) is 4.46. The highest BCUT2D eigenvalue weighted by Gasteiger charge is 2.06. The Hall–Kier alpha value is -1.61. The average molecular weight is 221 g/mol. The molecule has 1 aromatic rings. The number of carbonyl (C=O) groups excluding carboxylic acids is 1. The van der Waals surface area contributed by atoms with Crippen LogP contribution in [0.3, 0.4) is 0 Å². The van der Waals surface area contributed by atoms with Crippen molar-refractivity contribution in [1.82, 2.24) is 0 Å². The van der Waals surface area contributed by atoms with Crippen molar-refractivity contribution in [2.45, 2.75) is 6.54 Å². The van der Waals surface area contributed by atoms with Gasteiger partial charge in [-0.05, 0) is 6.08 Å². The Balaban J connectivity index is 0.000000385. The number of carboxylic acid groups (broad SMARTS) is 1. The molecule has 0 spiro atoms. The fourth-order valence-corrected chi connectivity index (χ4v) is 1.13. The Morgan fingerprint density at radius 3 is 2.06 bits per heavy atom. The molecule has 1 rings (SSSR count). The van der Waals surface area contributed by atoms with Gasteiger partial charge in [-0.1, -0.05) is 36.9 Å². The van der Waals surface area contributed by atoms with Crippen LogP contribution in [0.5, 0.6) is 0 Å². The molecule has 16 heavy (non-hydrogen) atoms. The van der Waals surface area contributed by atoms with Crippen molar-refractivity contribution in [2.75, 3.05) is 21.1 Å². The van der Waals surface area contributed by atoms with Crippen LogP contribution in [0.4, 0.5) is 0 Å². The molecule has 0 atom stereocenters. The summed E-state index contributed by atoms with van der Waals surface area (Å²) < 4.78 is 0.990. The summed E-state index contributed by atoms with van der Waals surface area (Å²) in [6, 6.07) is 10.6. The largest absolute Gasteiger partial charge is 0.545 e. The maximum absolute atomic E-state index is 9.14. The number of hydrogen-bond acceptors (Lipinski definition) is 2. The number of hydrogen-bond donors (Lipinski definition) is 0. The lowest BCUT2D eigenvalue weighted by atomic mass is 10.2. The standard InChI is InChI=1S/C10H16N.C3H4O2/c1-11(2,3)9-10-7-5-4-6-8-10;1-2-3(4)5/h4-8H,9H2,1-3H3;2H,1H2,(H,4,5)/q+1;/p-1. The highest BCUT2D eigenvalue weighted by Crippen LogP contribution is 2.05. The van der Waals surface area contributed by atoms with E-state index in [-0.39, 0.29) is 0 Å². The van der Waals surface area contributed by atoms with Crippen molar-refractivity contribution in [3.63, 3.8) is 0 Å². The van der Waals surface area contributed by atoms with Gasteiger partial charge in [0.15, 0.2) is 0 Å². The van der Waals surface area contributed by atoms with Crippen LogP contribution in [-0.2, 0) is 11.3 Å². The summed E-state index contributed by atoms with van der Waals surface area (Å²) in [6.45, 7) is 4.00. The molecule has 0 radical (unpaired) electrons. The van der Waals surface area contributed by atoms with E-state index in [0.29, 0.717) is 0 Å². The fraction of sp³-hybridized carbons (Fsp3) is 0.308. The highest BCUT2D eigenvalue weighted by atomic mass is 16.4. The average Bonchev–Trinajstić information content (AvgIpc) is 2.17. The molecule has 88 valence electrons. The molecule has 0 saturated carbocycles. The zero-order valence-electron chi connectivity index (χ0n) is 10.1. The number of aliphatic carboxylic acids is 1. The summed E-state index contributed by atoms with van der Waals surface area (Å²) in [6.07, 6.45) is 0.722. The van der Waals surface area contributed by atoms with Crippen molar-refractivity contribution in [3.05, 3.63) is 48.6 Å². The zero-order valence-corrected chi connectivity index (χ0v) is 10.1. The van der Waals surface area contributed by atoms with Crippen LogP contribution in [0.2, 0.25) is 0 Å². The highest BCUT2D eigenvalue weighted by molar-refractivity contribution is 5.76. The molecule has 3 heteroatoms. The first kappa shape index (κ1) is 14.4. The van der Waals surface area contributed by atoms with Crippen LogP contribution < -0.4 is 5.11 Å². The number of benzene rings is 1. The Kier molecular flexibility index (Phi) is 6.11.